The summed E-state index contributed by atoms with van der Waals surface area (Å²) >= 11 is 6.90. The summed E-state index contributed by atoms with van der Waals surface area (Å²) in [6.07, 6.45) is 2.42. The van der Waals surface area contributed by atoms with E-state index in [-0.39, 0.29) is 11.6 Å². The highest BCUT2D eigenvalue weighted by atomic mass is 35.5. The molecule has 2 aliphatic heterocycles. The summed E-state index contributed by atoms with van der Waals surface area (Å²) in [5.74, 6) is 0.714. The average molecular weight is 539 g/mol. The number of nitrogens with zero attached hydrogens (tertiary/aromatic N) is 8. The van der Waals surface area contributed by atoms with Crippen molar-refractivity contribution >= 4 is 52.2 Å². The highest BCUT2D eigenvalue weighted by Crippen LogP contribution is 2.41. The lowest BCUT2D eigenvalue weighted by Gasteiger charge is -2.48. The van der Waals surface area contributed by atoms with Gasteiger partial charge in [-0.25, -0.2) is 9.78 Å². The van der Waals surface area contributed by atoms with Crippen LogP contribution in [0.3, 0.4) is 0 Å². The normalized spacial score (nSPS) is 18.2. The largest absolute Gasteiger partial charge is 0.465 e. The first kappa shape index (κ1) is 24.5. The van der Waals surface area contributed by atoms with E-state index in [2.05, 4.69) is 41.6 Å². The number of morpholine rings is 1. The molecule has 2 aromatic heterocycles. The molecule has 1 aromatic carbocycles. The maximum absolute atomic E-state index is 11.8. The minimum absolute atomic E-state index is 0.202. The number of imidazole rings is 1. The molecule has 4 heterocycles. The molecular weight excluding hydrogens is 512 g/mol. The number of hydrogen-bond acceptors (Lipinski definition) is 10. The van der Waals surface area contributed by atoms with E-state index < -0.39 is 6.09 Å². The summed E-state index contributed by atoms with van der Waals surface area (Å²) in [6.45, 7) is 4.82. The van der Waals surface area contributed by atoms with Crippen LogP contribution in [0.15, 0.2) is 18.3 Å². The van der Waals surface area contributed by atoms with Crippen molar-refractivity contribution in [2.24, 2.45) is 0 Å². The Balaban J connectivity index is 1.34. The number of nitriles is 1. The molecule has 1 saturated carbocycles. The van der Waals surface area contributed by atoms with Crippen LogP contribution >= 0.6 is 11.6 Å². The molecule has 3 fully saturated rings. The Bertz CT molecular complexity index is 1420. The molecular formula is C24H27ClN10O3. The third-order valence-electron chi connectivity index (χ3n) is 7.12. The first-order valence-electron chi connectivity index (χ1n) is 12.5. The number of carbonyl (C=O) groups is 1. The predicted octanol–water partition coefficient (Wildman–Crippen LogP) is 2.60. The van der Waals surface area contributed by atoms with Crippen molar-refractivity contribution in [2.45, 2.75) is 24.9 Å². The zero-order valence-electron chi connectivity index (χ0n) is 20.8. The summed E-state index contributed by atoms with van der Waals surface area (Å²) in [5, 5.41) is 30.6. The van der Waals surface area contributed by atoms with Crippen LogP contribution in [0.1, 0.15) is 18.5 Å². The third kappa shape index (κ3) is 4.62. The first-order valence-corrected chi connectivity index (χ1v) is 12.9. The molecule has 3 aromatic rings. The number of amides is 1. The lowest BCUT2D eigenvalue weighted by atomic mass is 10.0. The minimum Gasteiger partial charge on any atom is -0.465 e. The number of benzene rings is 1. The fourth-order valence-corrected chi connectivity index (χ4v) is 4.97. The summed E-state index contributed by atoms with van der Waals surface area (Å²) in [7, 11) is 1.48. The Morgan fingerprint density at radius 3 is 2.74 bits per heavy atom. The van der Waals surface area contributed by atoms with Gasteiger partial charge in [0.15, 0.2) is 17.2 Å². The Morgan fingerprint density at radius 1 is 1.29 bits per heavy atom. The zero-order chi connectivity index (χ0) is 26.4. The molecule has 3 N–H and O–H groups in total. The van der Waals surface area contributed by atoms with Gasteiger partial charge in [-0.15, -0.1) is 5.10 Å². The number of nitrogens with one attached hydrogen (secondary N) is 2. The standard InChI is InChI=1S/C24H27ClN10O3/c1-32(24(36)37)15-8-18(20(25)19(9-15)34-12-17(13-34)33-4-6-38-7-5-33)29-23-30-21(28-14-2-3-14)22-27-11-16(10-26)35(22)31-23/h8-9,11,14,17H,2-7,12-13H2,1H3,(H,36,37)(H2,28,29,30,31). The van der Waals surface area contributed by atoms with Crippen LogP contribution in [0.2, 0.25) is 5.02 Å². The molecule has 0 radical (unpaired) electrons. The van der Waals surface area contributed by atoms with Gasteiger partial charge in [0.1, 0.15) is 6.07 Å². The van der Waals surface area contributed by atoms with Crippen LogP contribution in [0.5, 0.6) is 0 Å². The second-order valence-electron chi connectivity index (χ2n) is 9.69. The van der Waals surface area contributed by atoms with Crippen molar-refractivity contribution < 1.29 is 14.6 Å². The molecule has 38 heavy (non-hydrogen) atoms. The van der Waals surface area contributed by atoms with Crippen LogP contribution in [0, 0.1) is 11.3 Å². The molecule has 0 unspecified atom stereocenters. The van der Waals surface area contributed by atoms with E-state index in [1.807, 2.05) is 0 Å². The Morgan fingerprint density at radius 2 is 2.05 bits per heavy atom. The molecule has 3 aliphatic rings. The van der Waals surface area contributed by atoms with Crippen LogP contribution in [0.4, 0.5) is 33.6 Å². The Kier molecular flexibility index (Phi) is 6.30. The van der Waals surface area contributed by atoms with Crippen LogP contribution in [0.25, 0.3) is 5.65 Å². The number of rotatable bonds is 7. The number of halogens is 1. The maximum Gasteiger partial charge on any atom is 0.411 e. The van der Waals surface area contributed by atoms with Gasteiger partial charge < -0.3 is 25.4 Å². The van der Waals surface area contributed by atoms with E-state index in [1.165, 1.54) is 17.8 Å². The fourth-order valence-electron chi connectivity index (χ4n) is 4.69. The van der Waals surface area contributed by atoms with Crippen molar-refractivity contribution in [3.8, 4) is 6.07 Å². The van der Waals surface area contributed by atoms with E-state index >= 15 is 0 Å². The summed E-state index contributed by atoms with van der Waals surface area (Å²) in [5.41, 5.74) is 2.36. The molecule has 0 atom stereocenters. The number of ether oxygens (including phenoxy) is 1. The van der Waals surface area contributed by atoms with Crippen molar-refractivity contribution in [3.05, 3.63) is 29.0 Å². The van der Waals surface area contributed by atoms with E-state index in [4.69, 9.17) is 16.3 Å². The van der Waals surface area contributed by atoms with Gasteiger partial charge in [0.05, 0.1) is 41.5 Å². The number of carboxylic acid groups (broad SMARTS) is 1. The van der Waals surface area contributed by atoms with Crippen molar-refractivity contribution in [3.63, 3.8) is 0 Å². The quantitative estimate of drug-likeness (QED) is 0.407. The maximum atomic E-state index is 11.8. The molecule has 0 bridgehead atoms. The third-order valence-corrected chi connectivity index (χ3v) is 7.52. The van der Waals surface area contributed by atoms with Crippen LogP contribution in [-0.2, 0) is 4.74 Å². The average Bonchev–Trinajstić information content (AvgIpc) is 3.61. The highest BCUT2D eigenvalue weighted by Gasteiger charge is 2.34. The molecule has 0 spiro atoms. The van der Waals surface area contributed by atoms with Gasteiger partial charge in [0, 0.05) is 45.3 Å². The van der Waals surface area contributed by atoms with Crippen molar-refractivity contribution in [1.82, 2.24) is 24.5 Å². The second-order valence-corrected chi connectivity index (χ2v) is 10.1. The molecule has 1 aliphatic carbocycles. The predicted molar refractivity (Wildman–Crippen MR) is 142 cm³/mol. The van der Waals surface area contributed by atoms with E-state index in [1.54, 1.807) is 12.1 Å². The SMILES string of the molecule is CN(C(=O)O)c1cc(Nc2nc(NC3CC3)c3ncc(C#N)n3n2)c(Cl)c(N2CC(N3CCOCC3)C2)c1. The van der Waals surface area contributed by atoms with Gasteiger partial charge in [0.25, 0.3) is 0 Å². The first-order chi connectivity index (χ1) is 18.4. The van der Waals surface area contributed by atoms with Gasteiger partial charge in [-0.1, -0.05) is 11.6 Å². The van der Waals surface area contributed by atoms with Crippen molar-refractivity contribution in [1.29, 1.82) is 5.26 Å². The number of anilines is 5. The summed E-state index contributed by atoms with van der Waals surface area (Å²) in [4.78, 5) is 26.4. The highest BCUT2D eigenvalue weighted by molar-refractivity contribution is 6.36. The fraction of sp³-hybridized carbons (Fsp3) is 0.458. The lowest BCUT2D eigenvalue weighted by molar-refractivity contribution is 0.0105. The Labute approximate surface area is 223 Å². The summed E-state index contributed by atoms with van der Waals surface area (Å²) < 4.78 is 6.90. The number of hydrogen-bond donors (Lipinski definition) is 3. The molecule has 2 saturated heterocycles. The Hall–Kier alpha value is -3.86. The molecule has 1 amide bonds. The van der Waals surface area contributed by atoms with Gasteiger partial charge in [0.2, 0.25) is 5.95 Å². The van der Waals surface area contributed by atoms with Crippen LogP contribution < -0.4 is 20.4 Å². The molecule has 13 nitrogen and oxygen atoms in total. The second kappa shape index (κ2) is 9.79. The topological polar surface area (TPSA) is 147 Å². The zero-order valence-corrected chi connectivity index (χ0v) is 21.5. The smallest absolute Gasteiger partial charge is 0.411 e. The minimum atomic E-state index is -1.09. The van der Waals surface area contributed by atoms with E-state index in [0.717, 1.165) is 62.8 Å². The summed E-state index contributed by atoms with van der Waals surface area (Å²) in [6, 6.07) is 6.22. The van der Waals surface area contributed by atoms with Gasteiger partial charge in [-0.3, -0.25) is 9.80 Å². The van der Waals surface area contributed by atoms with Gasteiger partial charge in [-0.05, 0) is 25.0 Å². The van der Waals surface area contributed by atoms with Crippen LogP contribution in [-0.4, -0.2) is 94.2 Å². The molecule has 14 heteroatoms. The number of fused-ring (bicyclic) bond motifs is 1. The molecule has 198 valence electrons. The lowest BCUT2D eigenvalue weighted by Crippen LogP contribution is -2.61. The van der Waals surface area contributed by atoms with Crippen molar-refractivity contribution in [2.75, 3.05) is 66.9 Å². The number of aromatic nitrogens is 4. The van der Waals surface area contributed by atoms with E-state index in [9.17, 15) is 15.2 Å². The monoisotopic (exact) mass is 538 g/mol. The van der Waals surface area contributed by atoms with Gasteiger partial charge >= 0.3 is 6.09 Å². The van der Waals surface area contributed by atoms with E-state index in [0.29, 0.717) is 39.9 Å². The van der Waals surface area contributed by atoms with Gasteiger partial charge in [-0.2, -0.15) is 14.8 Å². The molecule has 6 rings (SSSR count).